The molecule has 0 spiro atoms. The van der Waals surface area contributed by atoms with Crippen LogP contribution in [0, 0.1) is 5.92 Å². The number of nitrogens with one attached hydrogen (secondary N) is 2. The lowest BCUT2D eigenvalue weighted by Crippen LogP contribution is -2.50. The highest BCUT2D eigenvalue weighted by Gasteiger charge is 2.37. The second-order valence-corrected chi connectivity index (χ2v) is 7.68. The summed E-state index contributed by atoms with van der Waals surface area (Å²) in [5.74, 6) is 0.493. The van der Waals surface area contributed by atoms with Crippen LogP contribution in [0.25, 0.3) is 11.0 Å². The summed E-state index contributed by atoms with van der Waals surface area (Å²) in [6.07, 6.45) is 4.28. The Bertz CT molecular complexity index is 1120. The van der Waals surface area contributed by atoms with Crippen molar-refractivity contribution in [3.8, 4) is 0 Å². The third-order valence-electron chi connectivity index (χ3n) is 6.03. The second kappa shape index (κ2) is 6.56. The number of carbonyl (C=O) groups is 1. The molecular weight excluding hydrogens is 356 g/mol. The standard InChI is InChI=1S/C20H22N6O2/c1-25-17-6-14(9-22-15(17)10-24-25)20(28)23-11-18-13-5-12(7-21-8-13)16-3-2-4-19(27)26(16)18/h2-4,6,9-10,12-13,18,21H,5,7-8,11H2,1H3,(H,23,28)/t12-,13+,18+/m1/s1. The van der Waals surface area contributed by atoms with E-state index >= 15 is 0 Å². The monoisotopic (exact) mass is 378 g/mol. The first-order chi connectivity index (χ1) is 13.6. The van der Waals surface area contributed by atoms with E-state index in [9.17, 15) is 9.59 Å². The van der Waals surface area contributed by atoms with Gasteiger partial charge in [-0.15, -0.1) is 0 Å². The lowest BCUT2D eigenvalue weighted by atomic mass is 9.79. The van der Waals surface area contributed by atoms with Crippen molar-refractivity contribution in [2.45, 2.75) is 18.4 Å². The summed E-state index contributed by atoms with van der Waals surface area (Å²) in [5.41, 5.74) is 3.13. The van der Waals surface area contributed by atoms with Crippen molar-refractivity contribution in [2.75, 3.05) is 19.6 Å². The third-order valence-corrected chi connectivity index (χ3v) is 6.03. The van der Waals surface area contributed by atoms with E-state index in [0.29, 0.717) is 23.9 Å². The second-order valence-electron chi connectivity index (χ2n) is 7.68. The smallest absolute Gasteiger partial charge is 0.252 e. The lowest BCUT2D eigenvalue weighted by molar-refractivity contribution is 0.0932. The van der Waals surface area contributed by atoms with Crippen LogP contribution in [0.3, 0.4) is 0 Å². The number of hydrogen-bond donors (Lipinski definition) is 2. The minimum atomic E-state index is -0.188. The maximum absolute atomic E-state index is 12.8. The van der Waals surface area contributed by atoms with Gasteiger partial charge in [0.2, 0.25) is 0 Å². The van der Waals surface area contributed by atoms with Gasteiger partial charge in [-0.25, -0.2) is 0 Å². The third kappa shape index (κ3) is 2.72. The zero-order valence-corrected chi connectivity index (χ0v) is 15.6. The van der Waals surface area contributed by atoms with Crippen LogP contribution in [-0.4, -0.2) is 44.9 Å². The average molecular weight is 378 g/mol. The van der Waals surface area contributed by atoms with Crippen LogP contribution < -0.4 is 16.2 Å². The van der Waals surface area contributed by atoms with E-state index in [1.165, 1.54) is 0 Å². The van der Waals surface area contributed by atoms with Gasteiger partial charge in [0.25, 0.3) is 11.5 Å². The fraction of sp³-hybridized carbons (Fsp3) is 0.400. The van der Waals surface area contributed by atoms with Crippen molar-refractivity contribution in [2.24, 2.45) is 13.0 Å². The maximum atomic E-state index is 12.8. The van der Waals surface area contributed by atoms with E-state index in [4.69, 9.17) is 0 Å². The molecule has 3 aromatic rings. The molecule has 8 heteroatoms. The van der Waals surface area contributed by atoms with Crippen molar-refractivity contribution in [1.29, 1.82) is 0 Å². The molecule has 3 atom stereocenters. The highest BCUT2D eigenvalue weighted by Crippen LogP contribution is 2.38. The van der Waals surface area contributed by atoms with E-state index < -0.39 is 0 Å². The number of fused-ring (bicyclic) bond motifs is 5. The van der Waals surface area contributed by atoms with Gasteiger partial charge in [0.05, 0.1) is 23.3 Å². The van der Waals surface area contributed by atoms with E-state index in [1.54, 1.807) is 29.2 Å². The van der Waals surface area contributed by atoms with Crippen molar-refractivity contribution in [3.63, 3.8) is 0 Å². The van der Waals surface area contributed by atoms with E-state index in [2.05, 4.69) is 20.7 Å². The largest absolute Gasteiger partial charge is 0.350 e. The Morgan fingerprint density at radius 3 is 3.11 bits per heavy atom. The highest BCUT2D eigenvalue weighted by molar-refractivity contribution is 5.96. The van der Waals surface area contributed by atoms with Crippen LogP contribution in [-0.2, 0) is 7.05 Å². The molecule has 1 fully saturated rings. The summed E-state index contributed by atoms with van der Waals surface area (Å²) < 4.78 is 3.59. The molecule has 3 aromatic heterocycles. The predicted molar refractivity (Wildman–Crippen MR) is 104 cm³/mol. The quantitative estimate of drug-likeness (QED) is 0.703. The number of piperidine rings is 1. The number of rotatable bonds is 3. The molecule has 2 aliphatic rings. The molecule has 5 rings (SSSR count). The number of hydrogen-bond acceptors (Lipinski definition) is 5. The summed E-state index contributed by atoms with van der Waals surface area (Å²) in [4.78, 5) is 29.6. The molecule has 0 aliphatic carbocycles. The topological polar surface area (TPSA) is 93.8 Å². The number of amides is 1. The lowest BCUT2D eigenvalue weighted by Gasteiger charge is -2.43. The molecule has 0 unspecified atom stereocenters. The molecule has 8 nitrogen and oxygen atoms in total. The molecule has 2 aliphatic heterocycles. The average Bonchev–Trinajstić information content (AvgIpc) is 3.09. The molecule has 1 saturated heterocycles. The summed E-state index contributed by atoms with van der Waals surface area (Å²) in [6, 6.07) is 7.21. The van der Waals surface area contributed by atoms with Gasteiger partial charge in [-0.05, 0) is 24.5 Å². The van der Waals surface area contributed by atoms with Gasteiger partial charge in [-0.1, -0.05) is 6.07 Å². The van der Waals surface area contributed by atoms with Crippen LogP contribution >= 0.6 is 0 Å². The van der Waals surface area contributed by atoms with Crippen molar-refractivity contribution in [1.82, 2.24) is 30.0 Å². The number of carbonyl (C=O) groups excluding carboxylic acids is 1. The molecule has 0 saturated carbocycles. The molecule has 1 amide bonds. The normalized spacial score (nSPS) is 23.4. The minimum Gasteiger partial charge on any atom is -0.350 e. The Kier molecular flexibility index (Phi) is 4.01. The van der Waals surface area contributed by atoms with Gasteiger partial charge in [-0.3, -0.25) is 19.3 Å². The Hall–Kier alpha value is -3.00. The van der Waals surface area contributed by atoms with Crippen LogP contribution in [0.1, 0.15) is 34.4 Å². The number of aryl methyl sites for hydroxylation is 1. The Morgan fingerprint density at radius 2 is 2.21 bits per heavy atom. The first kappa shape index (κ1) is 17.1. The first-order valence-corrected chi connectivity index (χ1v) is 9.60. The first-order valence-electron chi connectivity index (χ1n) is 9.60. The van der Waals surface area contributed by atoms with E-state index in [0.717, 1.165) is 36.2 Å². The Balaban J connectivity index is 1.41. The summed E-state index contributed by atoms with van der Waals surface area (Å²) >= 11 is 0. The van der Waals surface area contributed by atoms with Gasteiger partial charge >= 0.3 is 0 Å². The van der Waals surface area contributed by atoms with E-state index in [1.807, 2.05) is 23.7 Å². The molecular formula is C20H22N6O2. The molecule has 0 radical (unpaired) electrons. The fourth-order valence-electron chi connectivity index (χ4n) is 4.62. The number of pyridine rings is 2. The number of nitrogens with zero attached hydrogens (tertiary/aromatic N) is 4. The van der Waals surface area contributed by atoms with Crippen LogP contribution in [0.2, 0.25) is 0 Å². The molecule has 2 N–H and O–H groups in total. The van der Waals surface area contributed by atoms with Crippen molar-refractivity contribution < 1.29 is 4.79 Å². The summed E-state index contributed by atoms with van der Waals surface area (Å²) in [6.45, 7) is 2.17. The molecule has 2 bridgehead atoms. The highest BCUT2D eigenvalue weighted by atomic mass is 16.1. The predicted octanol–water partition coefficient (Wildman–Crippen LogP) is 0.808. The van der Waals surface area contributed by atoms with Gasteiger partial charge in [0.15, 0.2) is 0 Å². The molecule has 28 heavy (non-hydrogen) atoms. The van der Waals surface area contributed by atoms with Crippen molar-refractivity contribution in [3.05, 3.63) is 58.3 Å². The molecule has 144 valence electrons. The minimum absolute atomic E-state index is 0.00585. The molecule has 0 aromatic carbocycles. The van der Waals surface area contributed by atoms with Gasteiger partial charge in [0.1, 0.15) is 5.52 Å². The number of aromatic nitrogens is 4. The van der Waals surface area contributed by atoms with Crippen LogP contribution in [0.4, 0.5) is 0 Å². The Morgan fingerprint density at radius 1 is 1.32 bits per heavy atom. The Labute approximate surface area is 161 Å². The summed E-state index contributed by atoms with van der Waals surface area (Å²) in [5, 5.41) is 10.7. The van der Waals surface area contributed by atoms with Crippen molar-refractivity contribution >= 4 is 16.9 Å². The van der Waals surface area contributed by atoms with Gasteiger partial charge in [-0.2, -0.15) is 5.10 Å². The zero-order chi connectivity index (χ0) is 19.3. The van der Waals surface area contributed by atoms with Crippen LogP contribution in [0.15, 0.2) is 41.5 Å². The maximum Gasteiger partial charge on any atom is 0.252 e. The van der Waals surface area contributed by atoms with Crippen LogP contribution in [0.5, 0.6) is 0 Å². The van der Waals surface area contributed by atoms with Gasteiger partial charge in [0, 0.05) is 50.6 Å². The van der Waals surface area contributed by atoms with Gasteiger partial charge < -0.3 is 15.2 Å². The SMILES string of the molecule is Cn1ncc2ncc(C(=O)NC[C@H]3[C@@H]4CNC[C@@H](C4)c4cccc(=O)n43)cc21. The summed E-state index contributed by atoms with van der Waals surface area (Å²) in [7, 11) is 1.82. The van der Waals surface area contributed by atoms with E-state index in [-0.39, 0.29) is 17.5 Å². The zero-order valence-electron chi connectivity index (χ0n) is 15.6. The fourth-order valence-corrected chi connectivity index (χ4v) is 4.62. The molecule has 5 heterocycles.